The fourth-order valence-corrected chi connectivity index (χ4v) is 1.87. The van der Waals surface area contributed by atoms with Crippen molar-refractivity contribution < 1.29 is 9.53 Å². The molecule has 1 rings (SSSR count). The lowest BCUT2D eigenvalue weighted by Crippen LogP contribution is -2.34. The molecule has 1 fully saturated rings. The third-order valence-corrected chi connectivity index (χ3v) is 3.07. The highest BCUT2D eigenvalue weighted by Gasteiger charge is 2.34. The van der Waals surface area contributed by atoms with E-state index in [0.717, 1.165) is 19.5 Å². The molecule has 0 radical (unpaired) electrons. The fraction of sp³-hybridized carbons (Fsp3) is 0.909. The SMILES string of the molecule is CCOCCC(=O)N1CCC(C)(CN)C1.Cl. The number of amides is 1. The Balaban J connectivity index is 0.00000225. The number of nitrogens with two attached hydrogens (primary N) is 1. The molecule has 1 atom stereocenters. The molecule has 4 nitrogen and oxygen atoms in total. The van der Waals surface area contributed by atoms with Gasteiger partial charge >= 0.3 is 0 Å². The average Bonchev–Trinajstić information content (AvgIpc) is 2.62. The number of halogens is 1. The zero-order chi connectivity index (χ0) is 11.3. The van der Waals surface area contributed by atoms with Gasteiger partial charge in [0.05, 0.1) is 13.0 Å². The Morgan fingerprint density at radius 2 is 2.25 bits per heavy atom. The smallest absolute Gasteiger partial charge is 0.224 e. The predicted octanol–water partition coefficient (Wildman–Crippen LogP) is 1.03. The molecule has 1 unspecified atom stereocenters. The zero-order valence-electron chi connectivity index (χ0n) is 10.2. The highest BCUT2D eigenvalue weighted by molar-refractivity contribution is 5.85. The van der Waals surface area contributed by atoms with E-state index in [0.29, 0.717) is 26.2 Å². The summed E-state index contributed by atoms with van der Waals surface area (Å²) in [5.74, 6) is 0.195. The van der Waals surface area contributed by atoms with E-state index < -0.39 is 0 Å². The normalized spacial score (nSPS) is 24.3. The van der Waals surface area contributed by atoms with Gasteiger partial charge in [-0.2, -0.15) is 0 Å². The van der Waals surface area contributed by atoms with Crippen LogP contribution < -0.4 is 5.73 Å². The van der Waals surface area contributed by atoms with Crippen molar-refractivity contribution in [2.24, 2.45) is 11.1 Å². The Labute approximate surface area is 104 Å². The van der Waals surface area contributed by atoms with Crippen molar-refractivity contribution >= 4 is 18.3 Å². The van der Waals surface area contributed by atoms with Crippen LogP contribution in [0.5, 0.6) is 0 Å². The number of rotatable bonds is 5. The van der Waals surface area contributed by atoms with Gasteiger partial charge in [-0.3, -0.25) is 4.79 Å². The van der Waals surface area contributed by atoms with Gasteiger partial charge in [-0.15, -0.1) is 12.4 Å². The summed E-state index contributed by atoms with van der Waals surface area (Å²) in [6.07, 6.45) is 1.51. The Kier molecular flexibility index (Phi) is 6.95. The fourth-order valence-electron chi connectivity index (χ4n) is 1.87. The van der Waals surface area contributed by atoms with Crippen LogP contribution in [0.2, 0.25) is 0 Å². The maximum absolute atomic E-state index is 11.7. The molecule has 1 saturated heterocycles. The standard InChI is InChI=1S/C11H22N2O2.ClH/c1-3-15-7-4-10(14)13-6-5-11(2,8-12)9-13;/h3-9,12H2,1-2H3;1H. The molecule has 0 bridgehead atoms. The van der Waals surface area contributed by atoms with E-state index in [1.807, 2.05) is 11.8 Å². The van der Waals surface area contributed by atoms with Crippen LogP contribution in [0.1, 0.15) is 26.7 Å². The van der Waals surface area contributed by atoms with Gasteiger partial charge in [-0.05, 0) is 25.3 Å². The molecule has 5 heteroatoms. The summed E-state index contributed by atoms with van der Waals surface area (Å²) in [6, 6.07) is 0. The van der Waals surface area contributed by atoms with Crippen molar-refractivity contribution in [3.8, 4) is 0 Å². The third kappa shape index (κ3) is 4.28. The minimum Gasteiger partial charge on any atom is -0.381 e. The van der Waals surface area contributed by atoms with Crippen LogP contribution in [0.4, 0.5) is 0 Å². The molecule has 1 amide bonds. The molecular formula is C11H23ClN2O2. The molecule has 0 aromatic carbocycles. The number of hydrogen-bond acceptors (Lipinski definition) is 3. The van der Waals surface area contributed by atoms with Crippen molar-refractivity contribution in [3.05, 3.63) is 0 Å². The summed E-state index contributed by atoms with van der Waals surface area (Å²) in [6.45, 7) is 7.59. The average molecular weight is 251 g/mol. The first kappa shape index (κ1) is 15.7. The maximum Gasteiger partial charge on any atom is 0.224 e. The van der Waals surface area contributed by atoms with E-state index in [4.69, 9.17) is 10.5 Å². The van der Waals surface area contributed by atoms with Gasteiger partial charge in [0, 0.05) is 19.7 Å². The lowest BCUT2D eigenvalue weighted by atomic mass is 9.90. The Hall–Kier alpha value is -0.320. The van der Waals surface area contributed by atoms with Gasteiger partial charge in [0.25, 0.3) is 0 Å². The molecule has 0 saturated carbocycles. The number of carbonyl (C=O) groups is 1. The largest absolute Gasteiger partial charge is 0.381 e. The first-order chi connectivity index (χ1) is 7.11. The molecule has 96 valence electrons. The summed E-state index contributed by atoms with van der Waals surface area (Å²) in [4.78, 5) is 13.6. The van der Waals surface area contributed by atoms with Crippen LogP contribution >= 0.6 is 12.4 Å². The van der Waals surface area contributed by atoms with Crippen molar-refractivity contribution in [3.63, 3.8) is 0 Å². The summed E-state index contributed by atoms with van der Waals surface area (Å²) in [5, 5.41) is 0. The second-order valence-electron chi connectivity index (χ2n) is 4.53. The second-order valence-corrected chi connectivity index (χ2v) is 4.53. The van der Waals surface area contributed by atoms with E-state index in [2.05, 4.69) is 6.92 Å². The lowest BCUT2D eigenvalue weighted by Gasteiger charge is -2.22. The first-order valence-electron chi connectivity index (χ1n) is 5.67. The highest BCUT2D eigenvalue weighted by atomic mass is 35.5. The molecule has 0 aromatic heterocycles. The monoisotopic (exact) mass is 250 g/mol. The molecule has 0 aliphatic carbocycles. The minimum absolute atomic E-state index is 0. The van der Waals surface area contributed by atoms with Gasteiger partial charge in [0.1, 0.15) is 0 Å². The number of carbonyl (C=O) groups excluding carboxylic acids is 1. The van der Waals surface area contributed by atoms with Gasteiger partial charge in [-0.1, -0.05) is 6.92 Å². The van der Waals surface area contributed by atoms with Crippen LogP contribution in [-0.4, -0.2) is 43.7 Å². The van der Waals surface area contributed by atoms with Crippen molar-refractivity contribution in [2.45, 2.75) is 26.7 Å². The van der Waals surface area contributed by atoms with Gasteiger partial charge in [0.2, 0.25) is 5.91 Å². The third-order valence-electron chi connectivity index (χ3n) is 3.07. The molecule has 2 N–H and O–H groups in total. The van der Waals surface area contributed by atoms with Crippen LogP contribution in [0.3, 0.4) is 0 Å². The van der Waals surface area contributed by atoms with Crippen LogP contribution in [0.15, 0.2) is 0 Å². The first-order valence-corrected chi connectivity index (χ1v) is 5.67. The van der Waals surface area contributed by atoms with E-state index in [-0.39, 0.29) is 23.7 Å². The Morgan fingerprint density at radius 3 is 2.75 bits per heavy atom. The molecule has 16 heavy (non-hydrogen) atoms. The number of likely N-dealkylation sites (tertiary alicyclic amines) is 1. The van der Waals surface area contributed by atoms with Gasteiger partial charge in [0.15, 0.2) is 0 Å². The lowest BCUT2D eigenvalue weighted by molar-refractivity contribution is -0.131. The Bertz CT molecular complexity index is 226. The maximum atomic E-state index is 11.7. The van der Waals surface area contributed by atoms with E-state index >= 15 is 0 Å². The summed E-state index contributed by atoms with van der Waals surface area (Å²) in [5.41, 5.74) is 5.82. The van der Waals surface area contributed by atoms with Crippen LogP contribution in [-0.2, 0) is 9.53 Å². The highest BCUT2D eigenvalue weighted by Crippen LogP contribution is 2.28. The number of nitrogens with zero attached hydrogens (tertiary/aromatic N) is 1. The molecule has 1 aliphatic heterocycles. The van der Waals surface area contributed by atoms with Crippen molar-refractivity contribution in [2.75, 3.05) is 32.8 Å². The summed E-state index contributed by atoms with van der Waals surface area (Å²) >= 11 is 0. The predicted molar refractivity (Wildman–Crippen MR) is 66.7 cm³/mol. The molecular weight excluding hydrogens is 228 g/mol. The number of hydrogen-bond donors (Lipinski definition) is 1. The quantitative estimate of drug-likeness (QED) is 0.742. The van der Waals surface area contributed by atoms with Crippen molar-refractivity contribution in [1.82, 2.24) is 4.90 Å². The van der Waals surface area contributed by atoms with E-state index in [1.165, 1.54) is 0 Å². The zero-order valence-corrected chi connectivity index (χ0v) is 11.0. The van der Waals surface area contributed by atoms with Crippen molar-refractivity contribution in [1.29, 1.82) is 0 Å². The van der Waals surface area contributed by atoms with Crippen LogP contribution in [0, 0.1) is 5.41 Å². The van der Waals surface area contributed by atoms with E-state index in [1.54, 1.807) is 0 Å². The Morgan fingerprint density at radius 1 is 1.56 bits per heavy atom. The summed E-state index contributed by atoms with van der Waals surface area (Å²) in [7, 11) is 0. The van der Waals surface area contributed by atoms with Gasteiger partial charge in [-0.25, -0.2) is 0 Å². The summed E-state index contributed by atoms with van der Waals surface area (Å²) < 4.78 is 5.17. The second kappa shape index (κ2) is 7.09. The molecule has 1 heterocycles. The van der Waals surface area contributed by atoms with Gasteiger partial charge < -0.3 is 15.4 Å². The topological polar surface area (TPSA) is 55.6 Å². The molecule has 1 aliphatic rings. The molecule has 0 spiro atoms. The molecule has 0 aromatic rings. The van der Waals surface area contributed by atoms with Crippen LogP contribution in [0.25, 0.3) is 0 Å². The minimum atomic E-state index is 0. The number of ether oxygens (including phenoxy) is 1. The van der Waals surface area contributed by atoms with E-state index in [9.17, 15) is 4.79 Å².